The molecule has 3 heterocycles. The normalized spacial score (nSPS) is 14.4. The maximum atomic E-state index is 12.6. The van der Waals surface area contributed by atoms with Crippen LogP contribution in [0.5, 0.6) is 5.75 Å². The predicted octanol–water partition coefficient (Wildman–Crippen LogP) is 1.39. The van der Waals surface area contributed by atoms with Crippen molar-refractivity contribution in [3.63, 3.8) is 0 Å². The van der Waals surface area contributed by atoms with E-state index >= 15 is 0 Å². The molecule has 0 amide bonds. The van der Waals surface area contributed by atoms with Crippen molar-refractivity contribution in [2.45, 2.75) is 6.67 Å². The molecule has 0 saturated heterocycles. The summed E-state index contributed by atoms with van der Waals surface area (Å²) in [6, 6.07) is 11.4. The molecule has 0 N–H and O–H groups in total. The van der Waals surface area contributed by atoms with Crippen LogP contribution in [0.25, 0.3) is 6.08 Å². The lowest BCUT2D eigenvalue weighted by Gasteiger charge is -2.25. The zero-order valence-corrected chi connectivity index (χ0v) is 13.8. The molecule has 1 aliphatic heterocycles. The summed E-state index contributed by atoms with van der Waals surface area (Å²) in [5.41, 5.74) is 0.952. The Balaban J connectivity index is 1.68. The molecule has 1 aromatic carbocycles. The van der Waals surface area contributed by atoms with E-state index in [9.17, 15) is 4.79 Å². The fourth-order valence-electron chi connectivity index (χ4n) is 2.57. The van der Waals surface area contributed by atoms with E-state index in [1.54, 1.807) is 30.1 Å². The molecule has 7 heteroatoms. The number of furan rings is 1. The lowest BCUT2D eigenvalue weighted by Crippen LogP contribution is -2.42. The van der Waals surface area contributed by atoms with E-state index in [4.69, 9.17) is 9.15 Å². The van der Waals surface area contributed by atoms with Crippen molar-refractivity contribution in [2.75, 3.05) is 18.7 Å². The first-order valence-corrected chi connectivity index (χ1v) is 8.24. The highest BCUT2D eigenvalue weighted by molar-refractivity contribution is 7.07. The number of hydrogen-bond acceptors (Lipinski definition) is 6. The molecule has 0 saturated carbocycles. The third kappa shape index (κ3) is 2.63. The van der Waals surface area contributed by atoms with Crippen LogP contribution in [0.3, 0.4) is 0 Å². The molecule has 4 rings (SSSR count). The Labute approximate surface area is 141 Å². The summed E-state index contributed by atoms with van der Waals surface area (Å²) in [6.07, 6.45) is 3.35. The summed E-state index contributed by atoms with van der Waals surface area (Å²) in [6.45, 7) is 0.999. The van der Waals surface area contributed by atoms with Crippen molar-refractivity contribution < 1.29 is 9.15 Å². The lowest BCUT2D eigenvalue weighted by molar-refractivity contribution is 0.414. The lowest BCUT2D eigenvalue weighted by atomic mass is 10.3. The Kier molecular flexibility index (Phi) is 3.70. The molecule has 122 valence electrons. The number of thiazole rings is 1. The van der Waals surface area contributed by atoms with Crippen molar-refractivity contribution in [1.82, 2.24) is 4.57 Å². The first-order valence-electron chi connectivity index (χ1n) is 7.43. The topological polar surface area (TPSA) is 60.0 Å². The van der Waals surface area contributed by atoms with E-state index in [1.807, 2.05) is 35.2 Å². The molecule has 0 radical (unpaired) electrons. The van der Waals surface area contributed by atoms with E-state index in [1.165, 1.54) is 11.3 Å². The number of ether oxygens (including phenoxy) is 1. The SMILES string of the molecule is COc1ccc(N2CN=c3s/c(=C\c4ccco4)c(=O)n3C2)cc1. The molecule has 6 nitrogen and oxygen atoms in total. The summed E-state index contributed by atoms with van der Waals surface area (Å²) in [4.78, 5) is 19.9. The number of rotatable bonds is 3. The first kappa shape index (κ1) is 14.8. The molecule has 3 aromatic rings. The molecule has 0 atom stereocenters. The maximum Gasteiger partial charge on any atom is 0.271 e. The second-order valence-electron chi connectivity index (χ2n) is 5.32. The van der Waals surface area contributed by atoms with Gasteiger partial charge in [0.2, 0.25) is 0 Å². The van der Waals surface area contributed by atoms with Crippen LogP contribution in [0.15, 0.2) is 56.9 Å². The fourth-order valence-corrected chi connectivity index (χ4v) is 3.51. The van der Waals surface area contributed by atoms with Gasteiger partial charge in [0.05, 0.1) is 17.9 Å². The molecular formula is C17H15N3O3S. The number of aromatic nitrogens is 1. The van der Waals surface area contributed by atoms with Crippen molar-refractivity contribution in [2.24, 2.45) is 4.99 Å². The highest BCUT2D eigenvalue weighted by Gasteiger charge is 2.16. The molecule has 1 aliphatic rings. The van der Waals surface area contributed by atoms with Gasteiger partial charge in [0, 0.05) is 11.8 Å². The largest absolute Gasteiger partial charge is 0.497 e. The Morgan fingerprint density at radius 1 is 1.29 bits per heavy atom. The zero-order valence-electron chi connectivity index (χ0n) is 13.0. The number of methoxy groups -OCH3 is 1. The Morgan fingerprint density at radius 2 is 2.12 bits per heavy atom. The van der Waals surface area contributed by atoms with Crippen LogP contribution in [-0.2, 0) is 6.67 Å². The molecule has 2 aromatic heterocycles. The quantitative estimate of drug-likeness (QED) is 0.722. The smallest absolute Gasteiger partial charge is 0.271 e. The van der Waals surface area contributed by atoms with E-state index in [0.29, 0.717) is 23.6 Å². The van der Waals surface area contributed by atoms with Crippen molar-refractivity contribution in [3.05, 3.63) is 68.1 Å². The molecule has 0 fully saturated rings. The average molecular weight is 341 g/mol. The van der Waals surface area contributed by atoms with E-state index in [-0.39, 0.29) is 5.56 Å². The van der Waals surface area contributed by atoms with Gasteiger partial charge in [-0.15, -0.1) is 0 Å². The minimum absolute atomic E-state index is 0.0478. The first-order chi connectivity index (χ1) is 11.7. The van der Waals surface area contributed by atoms with Gasteiger partial charge >= 0.3 is 0 Å². The standard InChI is InChI=1S/C17H15N3O3S/c1-22-13-6-4-12(5-7-13)19-10-18-17-20(11-19)16(21)15(24-17)9-14-3-2-8-23-14/h2-9H,10-11H2,1H3/b15-9-. The number of benzene rings is 1. The maximum absolute atomic E-state index is 12.6. The minimum atomic E-state index is -0.0478. The molecule has 0 aliphatic carbocycles. The predicted molar refractivity (Wildman–Crippen MR) is 92.0 cm³/mol. The number of hydrogen-bond donors (Lipinski definition) is 0. The Bertz CT molecular complexity index is 1020. The zero-order chi connectivity index (χ0) is 16.5. The third-order valence-corrected chi connectivity index (χ3v) is 4.88. The van der Waals surface area contributed by atoms with Crippen LogP contribution in [-0.4, -0.2) is 18.3 Å². The van der Waals surface area contributed by atoms with Gasteiger partial charge < -0.3 is 14.1 Å². The van der Waals surface area contributed by atoms with Crippen LogP contribution in [0.2, 0.25) is 0 Å². The second-order valence-corrected chi connectivity index (χ2v) is 6.33. The van der Waals surface area contributed by atoms with Crippen LogP contribution in [0.4, 0.5) is 5.69 Å². The summed E-state index contributed by atoms with van der Waals surface area (Å²) in [5, 5.41) is 0. The number of anilines is 1. The molecule has 0 spiro atoms. The minimum Gasteiger partial charge on any atom is -0.497 e. The van der Waals surface area contributed by atoms with Crippen LogP contribution in [0, 0.1) is 0 Å². The highest BCUT2D eigenvalue weighted by Crippen LogP contribution is 2.20. The average Bonchev–Trinajstić information content (AvgIpc) is 3.24. The van der Waals surface area contributed by atoms with Gasteiger partial charge in [-0.05, 0) is 36.4 Å². The summed E-state index contributed by atoms with van der Waals surface area (Å²) < 4.78 is 12.8. The molecule has 0 unspecified atom stereocenters. The van der Waals surface area contributed by atoms with E-state index in [0.717, 1.165) is 16.2 Å². The van der Waals surface area contributed by atoms with Crippen LogP contribution < -0.4 is 24.5 Å². The van der Waals surface area contributed by atoms with E-state index in [2.05, 4.69) is 4.99 Å². The van der Waals surface area contributed by atoms with Crippen molar-refractivity contribution in [3.8, 4) is 5.75 Å². The van der Waals surface area contributed by atoms with Crippen molar-refractivity contribution >= 4 is 23.1 Å². The fraction of sp³-hybridized carbons (Fsp3) is 0.176. The number of nitrogens with zero attached hydrogens (tertiary/aromatic N) is 3. The van der Waals surface area contributed by atoms with Gasteiger partial charge in [0.25, 0.3) is 5.56 Å². The third-order valence-electron chi connectivity index (χ3n) is 3.83. The second kappa shape index (κ2) is 6.01. The van der Waals surface area contributed by atoms with Gasteiger partial charge in [-0.25, -0.2) is 4.99 Å². The summed E-state index contributed by atoms with van der Waals surface area (Å²) in [7, 11) is 1.64. The van der Waals surface area contributed by atoms with Gasteiger partial charge in [0.1, 0.15) is 24.8 Å². The molecule has 24 heavy (non-hydrogen) atoms. The van der Waals surface area contributed by atoms with E-state index < -0.39 is 0 Å². The van der Waals surface area contributed by atoms with Gasteiger partial charge in [-0.2, -0.15) is 0 Å². The van der Waals surface area contributed by atoms with Crippen LogP contribution in [0.1, 0.15) is 5.76 Å². The van der Waals surface area contributed by atoms with Crippen LogP contribution >= 0.6 is 11.3 Å². The molecular weight excluding hydrogens is 326 g/mol. The summed E-state index contributed by atoms with van der Waals surface area (Å²) >= 11 is 1.39. The monoisotopic (exact) mass is 341 g/mol. The Hall–Kier alpha value is -2.80. The van der Waals surface area contributed by atoms with Gasteiger partial charge in [0.15, 0.2) is 4.80 Å². The van der Waals surface area contributed by atoms with Crippen molar-refractivity contribution in [1.29, 1.82) is 0 Å². The Morgan fingerprint density at radius 3 is 2.83 bits per heavy atom. The molecule has 0 bridgehead atoms. The van der Waals surface area contributed by atoms with Gasteiger partial charge in [-0.1, -0.05) is 11.3 Å². The summed E-state index contributed by atoms with van der Waals surface area (Å²) in [5.74, 6) is 1.47. The highest BCUT2D eigenvalue weighted by atomic mass is 32.1. The van der Waals surface area contributed by atoms with Gasteiger partial charge in [-0.3, -0.25) is 9.36 Å². The number of fused-ring (bicyclic) bond motifs is 1.